The first kappa shape index (κ1) is 7.35. The summed E-state index contributed by atoms with van der Waals surface area (Å²) in [6, 6.07) is -1.14. The van der Waals surface area contributed by atoms with Crippen LogP contribution in [0.4, 0.5) is 0 Å². The molecule has 1 atom stereocenters. The average molecular weight is 121 g/mol. The third-order valence-electron chi connectivity index (χ3n) is 0.589. The van der Waals surface area contributed by atoms with Gasteiger partial charge in [0.2, 0.25) is 0 Å². The number of hydrogen-bond acceptors (Lipinski definition) is 5. The molecule has 0 aliphatic heterocycles. The third-order valence-corrected chi connectivity index (χ3v) is 0.589. The van der Waals surface area contributed by atoms with Gasteiger partial charge in [0.1, 0.15) is 6.04 Å². The molecule has 8 heavy (non-hydrogen) atoms. The van der Waals surface area contributed by atoms with Gasteiger partial charge in [-0.05, 0) is 0 Å². The number of carbonyl (C=O) groups excluding carboxylic acids is 1. The van der Waals surface area contributed by atoms with Crippen LogP contribution in [0.3, 0.4) is 0 Å². The van der Waals surface area contributed by atoms with E-state index in [4.69, 9.17) is 16.1 Å². The van der Waals surface area contributed by atoms with Gasteiger partial charge in [-0.25, -0.2) is 4.79 Å². The van der Waals surface area contributed by atoms with E-state index in [0.717, 1.165) is 0 Å². The first-order valence-electron chi connectivity index (χ1n) is 1.94. The van der Waals surface area contributed by atoms with Crippen LogP contribution in [0, 0.1) is 0 Å². The summed E-state index contributed by atoms with van der Waals surface area (Å²) >= 11 is 0. The molecule has 5 heteroatoms. The van der Waals surface area contributed by atoms with Crippen LogP contribution in [0.15, 0.2) is 0 Å². The van der Waals surface area contributed by atoms with Gasteiger partial charge in [-0.3, -0.25) is 4.89 Å². The lowest BCUT2D eigenvalue weighted by molar-refractivity contribution is -0.236. The second-order valence-corrected chi connectivity index (χ2v) is 1.20. The molecule has 0 aromatic rings. The number of rotatable bonds is 2. The topological polar surface area (TPSA) is 92.8 Å². The minimum Gasteiger partial charge on any atom is -0.394 e. The Morgan fingerprint density at radius 2 is 2.38 bits per heavy atom. The van der Waals surface area contributed by atoms with Crippen LogP contribution in [0.5, 0.6) is 0 Å². The number of nitrogens with two attached hydrogens (primary N) is 1. The van der Waals surface area contributed by atoms with E-state index in [2.05, 4.69) is 4.89 Å². The van der Waals surface area contributed by atoms with Gasteiger partial charge in [0.05, 0.1) is 6.61 Å². The molecular formula is C3H7NO4. The average Bonchev–Trinajstić information content (AvgIpc) is 1.84. The highest BCUT2D eigenvalue weighted by Crippen LogP contribution is 1.78. The van der Waals surface area contributed by atoms with Crippen LogP contribution in [0.25, 0.3) is 0 Å². The maximum absolute atomic E-state index is 9.99. The lowest BCUT2D eigenvalue weighted by Gasteiger charge is -2.00. The Bertz CT molecular complexity index is 83.4. The van der Waals surface area contributed by atoms with Crippen LogP contribution in [0.2, 0.25) is 0 Å². The van der Waals surface area contributed by atoms with Gasteiger partial charge in [-0.2, -0.15) is 5.26 Å². The Hall–Kier alpha value is -0.650. The molecule has 0 saturated carbocycles. The van der Waals surface area contributed by atoms with E-state index in [9.17, 15) is 4.79 Å². The molecule has 0 amide bonds. The molecular weight excluding hydrogens is 114 g/mol. The normalized spacial score (nSPS) is 12.9. The van der Waals surface area contributed by atoms with E-state index in [1.165, 1.54) is 0 Å². The summed E-state index contributed by atoms with van der Waals surface area (Å²) in [5, 5.41) is 15.7. The van der Waals surface area contributed by atoms with Crippen molar-refractivity contribution in [2.45, 2.75) is 6.04 Å². The van der Waals surface area contributed by atoms with Crippen molar-refractivity contribution in [3.05, 3.63) is 0 Å². The van der Waals surface area contributed by atoms with Crippen molar-refractivity contribution in [3.63, 3.8) is 0 Å². The van der Waals surface area contributed by atoms with Crippen molar-refractivity contribution < 1.29 is 20.0 Å². The smallest absolute Gasteiger partial charge is 0.360 e. The molecule has 0 bridgehead atoms. The van der Waals surface area contributed by atoms with Crippen molar-refractivity contribution in [3.8, 4) is 0 Å². The monoisotopic (exact) mass is 121 g/mol. The lowest BCUT2D eigenvalue weighted by atomic mass is 10.3. The standard InChI is InChI=1S/C3H7NO4/c4-2(1-5)3(6)8-7/h2,5,7H,1,4H2/t2-/m0/s1. The predicted molar refractivity (Wildman–Crippen MR) is 23.8 cm³/mol. The van der Waals surface area contributed by atoms with Crippen molar-refractivity contribution in [1.82, 2.24) is 0 Å². The quantitative estimate of drug-likeness (QED) is 0.300. The Morgan fingerprint density at radius 3 is 2.50 bits per heavy atom. The summed E-state index contributed by atoms with van der Waals surface area (Å²) in [7, 11) is 0. The Kier molecular flexibility index (Phi) is 3.09. The zero-order chi connectivity index (χ0) is 6.57. The molecule has 0 aliphatic rings. The van der Waals surface area contributed by atoms with Gasteiger partial charge in [-0.1, -0.05) is 0 Å². The highest BCUT2D eigenvalue weighted by atomic mass is 17.1. The highest BCUT2D eigenvalue weighted by Gasteiger charge is 2.12. The van der Waals surface area contributed by atoms with E-state index in [-0.39, 0.29) is 0 Å². The molecule has 0 heterocycles. The van der Waals surface area contributed by atoms with E-state index < -0.39 is 18.6 Å². The van der Waals surface area contributed by atoms with E-state index in [1.807, 2.05) is 0 Å². The summed E-state index contributed by atoms with van der Waals surface area (Å²) in [6.45, 7) is -0.528. The molecule has 0 spiro atoms. The van der Waals surface area contributed by atoms with E-state index >= 15 is 0 Å². The predicted octanol–water partition coefficient (Wildman–Crippen LogP) is -1.68. The van der Waals surface area contributed by atoms with Gasteiger partial charge in [0.25, 0.3) is 0 Å². The summed E-state index contributed by atoms with van der Waals surface area (Å²) in [5.41, 5.74) is 4.84. The van der Waals surface area contributed by atoms with Crippen LogP contribution >= 0.6 is 0 Å². The van der Waals surface area contributed by atoms with Crippen LogP contribution in [-0.2, 0) is 9.68 Å². The third kappa shape index (κ3) is 1.87. The fourth-order valence-electron chi connectivity index (χ4n) is 0.142. The Balaban J connectivity index is 3.46. The Morgan fingerprint density at radius 1 is 1.88 bits per heavy atom. The molecule has 48 valence electrons. The molecule has 0 aromatic heterocycles. The molecule has 0 radical (unpaired) electrons. The maximum Gasteiger partial charge on any atom is 0.360 e. The highest BCUT2D eigenvalue weighted by molar-refractivity contribution is 5.74. The van der Waals surface area contributed by atoms with Crippen molar-refractivity contribution >= 4 is 5.97 Å². The lowest BCUT2D eigenvalue weighted by Crippen LogP contribution is -2.34. The molecule has 4 N–H and O–H groups in total. The first-order valence-corrected chi connectivity index (χ1v) is 1.94. The Labute approximate surface area is 45.6 Å². The van der Waals surface area contributed by atoms with Gasteiger partial charge in [0, 0.05) is 0 Å². The maximum atomic E-state index is 9.99. The fourth-order valence-corrected chi connectivity index (χ4v) is 0.142. The second kappa shape index (κ2) is 3.36. The van der Waals surface area contributed by atoms with E-state index in [1.54, 1.807) is 0 Å². The zero-order valence-electron chi connectivity index (χ0n) is 4.07. The van der Waals surface area contributed by atoms with Crippen LogP contribution in [0.1, 0.15) is 0 Å². The van der Waals surface area contributed by atoms with Crippen LogP contribution < -0.4 is 5.73 Å². The van der Waals surface area contributed by atoms with Gasteiger partial charge >= 0.3 is 5.97 Å². The fraction of sp³-hybridized carbons (Fsp3) is 0.667. The van der Waals surface area contributed by atoms with Gasteiger partial charge < -0.3 is 10.8 Å². The molecule has 0 saturated heterocycles. The molecule has 0 fully saturated rings. The number of aliphatic hydroxyl groups is 1. The summed E-state index contributed by atoms with van der Waals surface area (Å²) < 4.78 is 0. The second-order valence-electron chi connectivity index (χ2n) is 1.20. The molecule has 5 nitrogen and oxygen atoms in total. The molecule has 0 rings (SSSR count). The molecule has 0 aliphatic carbocycles. The molecule has 0 aromatic carbocycles. The summed E-state index contributed by atoms with van der Waals surface area (Å²) in [5.74, 6) is -1.03. The summed E-state index contributed by atoms with van der Waals surface area (Å²) in [4.78, 5) is 13.2. The van der Waals surface area contributed by atoms with Gasteiger partial charge in [0.15, 0.2) is 0 Å². The molecule has 0 unspecified atom stereocenters. The van der Waals surface area contributed by atoms with Crippen LogP contribution in [-0.4, -0.2) is 29.0 Å². The van der Waals surface area contributed by atoms with Crippen molar-refractivity contribution in [2.24, 2.45) is 5.73 Å². The van der Waals surface area contributed by atoms with Gasteiger partial charge in [-0.15, -0.1) is 0 Å². The summed E-state index contributed by atoms with van der Waals surface area (Å²) in [6.07, 6.45) is 0. The van der Waals surface area contributed by atoms with E-state index in [0.29, 0.717) is 0 Å². The minimum absolute atomic E-state index is 0.528. The SMILES string of the molecule is N[C@@H](CO)C(=O)OO. The largest absolute Gasteiger partial charge is 0.394 e. The minimum atomic E-state index is -1.14. The number of carbonyl (C=O) groups is 1. The first-order chi connectivity index (χ1) is 3.72. The number of aliphatic hydroxyl groups excluding tert-OH is 1. The number of hydrogen-bond donors (Lipinski definition) is 3. The zero-order valence-corrected chi connectivity index (χ0v) is 4.07. The van der Waals surface area contributed by atoms with Crippen molar-refractivity contribution in [2.75, 3.05) is 6.61 Å². The van der Waals surface area contributed by atoms with Crippen molar-refractivity contribution in [1.29, 1.82) is 0 Å².